The molecule has 17 heavy (non-hydrogen) atoms. The van der Waals surface area contributed by atoms with E-state index in [1.807, 2.05) is 19.1 Å². The van der Waals surface area contributed by atoms with Crippen molar-refractivity contribution in [1.29, 1.82) is 0 Å². The molecule has 0 saturated carbocycles. The van der Waals surface area contributed by atoms with Crippen LogP contribution in [0.2, 0.25) is 5.02 Å². The molecule has 4 heteroatoms. The zero-order valence-electron chi connectivity index (χ0n) is 9.61. The minimum absolute atomic E-state index is 0.512. The quantitative estimate of drug-likeness (QED) is 0.828. The Morgan fingerprint density at radius 3 is 2.65 bits per heavy atom. The Hall–Kier alpha value is -1.74. The van der Waals surface area contributed by atoms with Crippen LogP contribution in [0.3, 0.4) is 0 Å². The first-order valence-electron chi connectivity index (χ1n) is 5.14. The van der Waals surface area contributed by atoms with Crippen molar-refractivity contribution in [3.63, 3.8) is 0 Å². The van der Waals surface area contributed by atoms with Crippen LogP contribution in [0.4, 0.5) is 0 Å². The van der Waals surface area contributed by atoms with E-state index in [1.54, 1.807) is 31.4 Å². The number of hydrogen-bond acceptors (Lipinski definition) is 3. The third-order valence-corrected chi connectivity index (χ3v) is 2.50. The molecule has 0 saturated heterocycles. The first-order chi connectivity index (χ1) is 8.19. The Labute approximate surface area is 105 Å². The molecule has 2 aromatic rings. The van der Waals surface area contributed by atoms with Gasteiger partial charge in [-0.2, -0.15) is 0 Å². The number of aromatic nitrogens is 1. The number of hydrogen-bond donors (Lipinski definition) is 0. The number of methoxy groups -OCH3 is 1. The maximum Gasteiger partial charge on any atom is 0.219 e. The lowest BCUT2D eigenvalue weighted by molar-refractivity contribution is 0.412. The summed E-state index contributed by atoms with van der Waals surface area (Å²) in [4.78, 5) is 4.24. The zero-order chi connectivity index (χ0) is 12.3. The summed E-state index contributed by atoms with van der Waals surface area (Å²) in [5, 5.41) is 0.512. The number of pyridine rings is 1. The first-order valence-corrected chi connectivity index (χ1v) is 5.52. The van der Waals surface area contributed by atoms with Crippen molar-refractivity contribution in [2.75, 3.05) is 7.11 Å². The summed E-state index contributed by atoms with van der Waals surface area (Å²) < 4.78 is 10.7. The largest absolute Gasteiger partial charge is 0.495 e. The maximum atomic E-state index is 6.00. The fourth-order valence-corrected chi connectivity index (χ4v) is 1.65. The van der Waals surface area contributed by atoms with Crippen molar-refractivity contribution in [3.8, 4) is 17.4 Å². The van der Waals surface area contributed by atoms with Crippen LogP contribution in [0.5, 0.6) is 17.4 Å². The predicted molar refractivity (Wildman–Crippen MR) is 67.1 cm³/mol. The van der Waals surface area contributed by atoms with Crippen LogP contribution in [0.25, 0.3) is 0 Å². The highest BCUT2D eigenvalue weighted by Gasteiger charge is 2.04. The molecular weight excluding hydrogens is 238 g/mol. The molecule has 0 bridgehead atoms. The molecule has 88 valence electrons. The monoisotopic (exact) mass is 249 g/mol. The van der Waals surface area contributed by atoms with E-state index in [9.17, 15) is 0 Å². The van der Waals surface area contributed by atoms with E-state index in [2.05, 4.69) is 4.98 Å². The number of nitrogens with zero attached hydrogens (tertiary/aromatic N) is 1. The summed E-state index contributed by atoms with van der Waals surface area (Å²) in [5.41, 5.74) is 0.905. The van der Waals surface area contributed by atoms with Gasteiger partial charge in [-0.15, -0.1) is 0 Å². The number of aryl methyl sites for hydroxylation is 1. The zero-order valence-corrected chi connectivity index (χ0v) is 10.4. The van der Waals surface area contributed by atoms with Gasteiger partial charge in [-0.05, 0) is 25.1 Å². The Balaban J connectivity index is 2.22. The van der Waals surface area contributed by atoms with E-state index in [1.165, 1.54) is 0 Å². The average molecular weight is 250 g/mol. The van der Waals surface area contributed by atoms with Crippen LogP contribution in [-0.4, -0.2) is 12.1 Å². The minimum atomic E-state index is 0.512. The summed E-state index contributed by atoms with van der Waals surface area (Å²) in [7, 11) is 1.57. The Bertz CT molecular complexity index is 529. The van der Waals surface area contributed by atoms with Gasteiger partial charge in [0, 0.05) is 17.8 Å². The highest BCUT2D eigenvalue weighted by atomic mass is 35.5. The van der Waals surface area contributed by atoms with E-state index in [0.29, 0.717) is 22.4 Å². The summed E-state index contributed by atoms with van der Waals surface area (Å²) >= 11 is 6.00. The van der Waals surface area contributed by atoms with Gasteiger partial charge in [-0.25, -0.2) is 4.98 Å². The SMILES string of the molecule is COc1ccc(Oc2cccc(C)n2)cc1Cl. The number of benzene rings is 1. The molecule has 0 aliphatic rings. The summed E-state index contributed by atoms with van der Waals surface area (Å²) in [6.07, 6.45) is 0. The standard InChI is InChI=1S/C13H12ClNO2/c1-9-4-3-5-13(15-9)17-10-6-7-12(16-2)11(14)8-10/h3-8H,1-2H3. The third kappa shape index (κ3) is 2.88. The third-order valence-electron chi connectivity index (χ3n) is 2.21. The van der Waals surface area contributed by atoms with E-state index < -0.39 is 0 Å². The molecule has 1 heterocycles. The Morgan fingerprint density at radius 1 is 1.18 bits per heavy atom. The summed E-state index contributed by atoms with van der Waals surface area (Å²) in [5.74, 6) is 1.80. The van der Waals surface area contributed by atoms with E-state index in [0.717, 1.165) is 5.69 Å². The van der Waals surface area contributed by atoms with Crippen LogP contribution < -0.4 is 9.47 Å². The second-order valence-corrected chi connectivity index (χ2v) is 3.92. The lowest BCUT2D eigenvalue weighted by Crippen LogP contribution is -1.90. The average Bonchev–Trinajstić information content (AvgIpc) is 2.29. The molecule has 0 aliphatic heterocycles. The lowest BCUT2D eigenvalue weighted by Gasteiger charge is -2.07. The van der Waals surface area contributed by atoms with Gasteiger partial charge in [0.2, 0.25) is 5.88 Å². The molecule has 1 aromatic heterocycles. The molecule has 0 amide bonds. The second-order valence-electron chi connectivity index (χ2n) is 3.52. The van der Waals surface area contributed by atoms with Gasteiger partial charge >= 0.3 is 0 Å². The van der Waals surface area contributed by atoms with Gasteiger partial charge in [0.25, 0.3) is 0 Å². The molecule has 0 atom stereocenters. The number of rotatable bonds is 3. The topological polar surface area (TPSA) is 31.4 Å². The smallest absolute Gasteiger partial charge is 0.219 e. The minimum Gasteiger partial charge on any atom is -0.495 e. The molecule has 3 nitrogen and oxygen atoms in total. The molecule has 0 unspecified atom stereocenters. The Morgan fingerprint density at radius 2 is 2.00 bits per heavy atom. The molecule has 2 rings (SSSR count). The highest BCUT2D eigenvalue weighted by Crippen LogP contribution is 2.30. The van der Waals surface area contributed by atoms with Gasteiger partial charge in [0.15, 0.2) is 0 Å². The van der Waals surface area contributed by atoms with Crippen molar-refractivity contribution in [2.45, 2.75) is 6.92 Å². The fraction of sp³-hybridized carbons (Fsp3) is 0.154. The molecular formula is C13H12ClNO2. The van der Waals surface area contributed by atoms with Gasteiger partial charge in [-0.1, -0.05) is 17.7 Å². The maximum absolute atomic E-state index is 6.00. The van der Waals surface area contributed by atoms with Crippen LogP contribution in [-0.2, 0) is 0 Å². The van der Waals surface area contributed by atoms with Crippen LogP contribution in [0, 0.1) is 6.92 Å². The van der Waals surface area contributed by atoms with Crippen LogP contribution >= 0.6 is 11.6 Å². The predicted octanol–water partition coefficient (Wildman–Crippen LogP) is 3.84. The molecule has 1 aromatic carbocycles. The molecule has 0 spiro atoms. The van der Waals surface area contributed by atoms with E-state index in [-0.39, 0.29) is 0 Å². The van der Waals surface area contributed by atoms with Crippen molar-refractivity contribution in [1.82, 2.24) is 4.98 Å². The molecule has 0 aliphatic carbocycles. The van der Waals surface area contributed by atoms with E-state index in [4.69, 9.17) is 21.1 Å². The molecule has 0 fully saturated rings. The van der Waals surface area contributed by atoms with Gasteiger partial charge in [0.1, 0.15) is 11.5 Å². The van der Waals surface area contributed by atoms with Gasteiger partial charge < -0.3 is 9.47 Å². The van der Waals surface area contributed by atoms with Crippen molar-refractivity contribution < 1.29 is 9.47 Å². The highest BCUT2D eigenvalue weighted by molar-refractivity contribution is 6.32. The lowest BCUT2D eigenvalue weighted by atomic mass is 10.3. The normalized spacial score (nSPS) is 10.1. The fourth-order valence-electron chi connectivity index (χ4n) is 1.41. The molecule has 0 N–H and O–H groups in total. The summed E-state index contributed by atoms with van der Waals surface area (Å²) in [6.45, 7) is 1.91. The van der Waals surface area contributed by atoms with Crippen LogP contribution in [0.15, 0.2) is 36.4 Å². The number of halogens is 1. The van der Waals surface area contributed by atoms with Crippen molar-refractivity contribution in [2.24, 2.45) is 0 Å². The van der Waals surface area contributed by atoms with Crippen LogP contribution in [0.1, 0.15) is 5.69 Å². The van der Waals surface area contributed by atoms with Crippen molar-refractivity contribution in [3.05, 3.63) is 47.1 Å². The Kier molecular flexibility index (Phi) is 3.49. The van der Waals surface area contributed by atoms with Gasteiger partial charge in [0.05, 0.1) is 12.1 Å². The second kappa shape index (κ2) is 5.06. The van der Waals surface area contributed by atoms with Crippen molar-refractivity contribution >= 4 is 11.6 Å². The van der Waals surface area contributed by atoms with Gasteiger partial charge in [-0.3, -0.25) is 0 Å². The molecule has 0 radical (unpaired) electrons. The van der Waals surface area contributed by atoms with E-state index >= 15 is 0 Å². The first kappa shape index (κ1) is 11.7. The number of ether oxygens (including phenoxy) is 2. The summed E-state index contributed by atoms with van der Waals surface area (Å²) in [6, 6.07) is 10.8.